The zero-order valence-electron chi connectivity index (χ0n) is 15.0. The molecule has 0 radical (unpaired) electrons. The molecule has 26 heavy (non-hydrogen) atoms. The van der Waals surface area contributed by atoms with Gasteiger partial charge in [0.2, 0.25) is 0 Å². The van der Waals surface area contributed by atoms with Gasteiger partial charge < -0.3 is 4.74 Å². The molecule has 0 saturated carbocycles. The number of benzene rings is 2. The average molecular weight is 376 g/mol. The maximum Gasteiger partial charge on any atom is 0.421 e. The van der Waals surface area contributed by atoms with Crippen LogP contribution in [-0.2, 0) is 14.4 Å². The van der Waals surface area contributed by atoms with Gasteiger partial charge in [0.25, 0.3) is 5.91 Å². The molecule has 1 heterocycles. The number of carbonyl (C=O) groups is 2. The van der Waals surface area contributed by atoms with Crippen LogP contribution in [0.4, 0.5) is 14.9 Å². The summed E-state index contributed by atoms with van der Waals surface area (Å²) >= 11 is 6.79. The van der Waals surface area contributed by atoms with Gasteiger partial charge in [-0.2, -0.15) is 0 Å². The summed E-state index contributed by atoms with van der Waals surface area (Å²) in [4.78, 5) is 25.2. The SMILES string of the molecule is Cc1ccc2c(c1)[C@](Cl)(c1ccc(F)cc1)C(=O)N2C(=O)OC(C)(C)C. The van der Waals surface area contributed by atoms with Crippen molar-refractivity contribution in [2.75, 3.05) is 4.90 Å². The molecule has 0 aliphatic carbocycles. The number of ether oxygens (including phenoxy) is 1. The number of imide groups is 1. The van der Waals surface area contributed by atoms with E-state index in [0.717, 1.165) is 10.5 Å². The molecule has 2 amide bonds. The topological polar surface area (TPSA) is 46.6 Å². The van der Waals surface area contributed by atoms with Gasteiger partial charge in [-0.3, -0.25) is 4.79 Å². The maximum absolute atomic E-state index is 13.3. The normalized spacial score (nSPS) is 19.5. The summed E-state index contributed by atoms with van der Waals surface area (Å²) < 4.78 is 18.7. The number of halogens is 2. The Kier molecular flexibility index (Phi) is 4.31. The molecule has 0 fully saturated rings. The van der Waals surface area contributed by atoms with E-state index in [1.165, 1.54) is 24.3 Å². The molecule has 2 aromatic carbocycles. The van der Waals surface area contributed by atoms with E-state index in [4.69, 9.17) is 16.3 Å². The van der Waals surface area contributed by atoms with E-state index >= 15 is 0 Å². The van der Waals surface area contributed by atoms with Crippen molar-refractivity contribution in [3.8, 4) is 0 Å². The van der Waals surface area contributed by atoms with Crippen LogP contribution in [0.25, 0.3) is 0 Å². The maximum atomic E-state index is 13.3. The summed E-state index contributed by atoms with van der Waals surface area (Å²) in [5, 5.41) is 0. The highest BCUT2D eigenvalue weighted by Gasteiger charge is 2.54. The minimum Gasteiger partial charge on any atom is -0.443 e. The second-order valence-corrected chi connectivity index (χ2v) is 7.87. The minimum absolute atomic E-state index is 0.370. The number of aryl methyl sites for hydroxylation is 1. The van der Waals surface area contributed by atoms with Crippen molar-refractivity contribution in [1.82, 2.24) is 0 Å². The number of rotatable bonds is 1. The van der Waals surface area contributed by atoms with Crippen LogP contribution in [0.3, 0.4) is 0 Å². The third-order valence-electron chi connectivity index (χ3n) is 4.08. The third kappa shape index (κ3) is 2.97. The molecule has 0 bridgehead atoms. The summed E-state index contributed by atoms with van der Waals surface area (Å²) in [6.07, 6.45) is -0.794. The number of fused-ring (bicyclic) bond motifs is 1. The predicted molar refractivity (Wildman–Crippen MR) is 97.9 cm³/mol. The molecule has 0 unspecified atom stereocenters. The van der Waals surface area contributed by atoms with Crippen LogP contribution in [0.15, 0.2) is 42.5 Å². The summed E-state index contributed by atoms with van der Waals surface area (Å²) in [5.74, 6) is -1.08. The van der Waals surface area contributed by atoms with Crippen LogP contribution in [0, 0.1) is 12.7 Å². The van der Waals surface area contributed by atoms with Crippen molar-refractivity contribution < 1.29 is 18.7 Å². The first-order chi connectivity index (χ1) is 12.0. The van der Waals surface area contributed by atoms with E-state index in [-0.39, 0.29) is 0 Å². The van der Waals surface area contributed by atoms with Crippen molar-refractivity contribution in [2.45, 2.75) is 38.2 Å². The van der Waals surface area contributed by atoms with Gasteiger partial charge in [0.05, 0.1) is 5.69 Å². The number of nitrogens with zero attached hydrogens (tertiary/aromatic N) is 1. The first-order valence-corrected chi connectivity index (χ1v) is 8.55. The number of alkyl halides is 1. The Labute approximate surface area is 156 Å². The first kappa shape index (κ1) is 18.4. The van der Waals surface area contributed by atoms with Gasteiger partial charge in [0.1, 0.15) is 11.4 Å². The number of amides is 2. The molecule has 1 aliphatic rings. The van der Waals surface area contributed by atoms with E-state index < -0.39 is 28.3 Å². The third-order valence-corrected chi connectivity index (χ3v) is 4.66. The van der Waals surface area contributed by atoms with Gasteiger partial charge in [0, 0.05) is 5.56 Å². The van der Waals surface area contributed by atoms with Gasteiger partial charge in [-0.25, -0.2) is 14.1 Å². The molecule has 0 saturated heterocycles. The molecule has 0 spiro atoms. The van der Waals surface area contributed by atoms with E-state index in [0.29, 0.717) is 16.8 Å². The lowest BCUT2D eigenvalue weighted by Crippen LogP contribution is -2.43. The molecular weight excluding hydrogens is 357 g/mol. The van der Waals surface area contributed by atoms with Gasteiger partial charge in [-0.15, -0.1) is 0 Å². The minimum atomic E-state index is -1.62. The lowest BCUT2D eigenvalue weighted by molar-refractivity contribution is -0.119. The van der Waals surface area contributed by atoms with Crippen LogP contribution in [0.2, 0.25) is 0 Å². The quantitative estimate of drug-likeness (QED) is 0.666. The Bertz CT molecular complexity index is 889. The van der Waals surface area contributed by atoms with E-state index in [1.54, 1.807) is 39.0 Å². The summed E-state index contributed by atoms with van der Waals surface area (Å²) in [5.41, 5.74) is 1.35. The fourth-order valence-electron chi connectivity index (χ4n) is 2.95. The van der Waals surface area contributed by atoms with Crippen molar-refractivity contribution >= 4 is 29.3 Å². The molecule has 1 aliphatic heterocycles. The smallest absolute Gasteiger partial charge is 0.421 e. The van der Waals surface area contributed by atoms with Crippen LogP contribution in [0.1, 0.15) is 37.5 Å². The fourth-order valence-corrected chi connectivity index (χ4v) is 3.31. The molecule has 136 valence electrons. The predicted octanol–water partition coefficient (Wildman–Crippen LogP) is 4.90. The summed E-state index contributed by atoms with van der Waals surface area (Å²) in [7, 11) is 0. The summed E-state index contributed by atoms with van der Waals surface area (Å²) in [6, 6.07) is 10.6. The number of hydrogen-bond acceptors (Lipinski definition) is 3. The van der Waals surface area contributed by atoms with Crippen molar-refractivity contribution in [3.05, 3.63) is 65.0 Å². The molecule has 2 aromatic rings. The van der Waals surface area contributed by atoms with Crippen LogP contribution in [0.5, 0.6) is 0 Å². The van der Waals surface area contributed by atoms with Crippen molar-refractivity contribution in [1.29, 1.82) is 0 Å². The molecule has 4 nitrogen and oxygen atoms in total. The Morgan fingerprint density at radius 1 is 1.15 bits per heavy atom. The molecule has 1 atom stereocenters. The molecule has 3 rings (SSSR count). The lowest BCUT2D eigenvalue weighted by atomic mass is 9.90. The largest absolute Gasteiger partial charge is 0.443 e. The number of hydrogen-bond donors (Lipinski definition) is 0. The Morgan fingerprint density at radius 2 is 1.77 bits per heavy atom. The molecule has 0 aromatic heterocycles. The fraction of sp³-hybridized carbons (Fsp3) is 0.300. The standard InChI is InChI=1S/C20H19ClFNO3/c1-12-5-10-16-15(11-12)20(21,13-6-8-14(22)9-7-13)17(24)23(16)18(25)26-19(2,3)4/h5-11H,1-4H3/t20-/m1/s1. The highest BCUT2D eigenvalue weighted by atomic mass is 35.5. The number of carbonyl (C=O) groups excluding carboxylic acids is 2. The highest BCUT2D eigenvalue weighted by Crippen LogP contribution is 2.49. The zero-order chi connectivity index (χ0) is 19.3. The first-order valence-electron chi connectivity index (χ1n) is 8.17. The number of anilines is 1. The zero-order valence-corrected chi connectivity index (χ0v) is 15.7. The van der Waals surface area contributed by atoms with Crippen LogP contribution >= 0.6 is 11.6 Å². The van der Waals surface area contributed by atoms with Crippen LogP contribution in [-0.4, -0.2) is 17.6 Å². The lowest BCUT2D eigenvalue weighted by Gasteiger charge is -2.25. The van der Waals surface area contributed by atoms with Gasteiger partial charge >= 0.3 is 6.09 Å². The van der Waals surface area contributed by atoms with E-state index in [9.17, 15) is 14.0 Å². The van der Waals surface area contributed by atoms with Gasteiger partial charge in [-0.05, 0) is 51.5 Å². The average Bonchev–Trinajstić information content (AvgIpc) is 2.75. The second-order valence-electron chi connectivity index (χ2n) is 7.31. The Morgan fingerprint density at radius 3 is 2.35 bits per heavy atom. The molecule has 6 heteroatoms. The molecular formula is C20H19ClFNO3. The Balaban J connectivity index is 2.16. The van der Waals surface area contributed by atoms with Gasteiger partial charge in [0.15, 0.2) is 4.87 Å². The van der Waals surface area contributed by atoms with E-state index in [1.807, 2.05) is 6.92 Å². The summed E-state index contributed by atoms with van der Waals surface area (Å²) in [6.45, 7) is 7.02. The Hall–Kier alpha value is -2.40. The van der Waals surface area contributed by atoms with Crippen molar-refractivity contribution in [2.24, 2.45) is 0 Å². The molecule has 0 N–H and O–H groups in total. The van der Waals surface area contributed by atoms with E-state index in [2.05, 4.69) is 0 Å². The van der Waals surface area contributed by atoms with Crippen LogP contribution < -0.4 is 4.90 Å². The van der Waals surface area contributed by atoms with Gasteiger partial charge in [-0.1, -0.05) is 41.4 Å². The second kappa shape index (κ2) is 6.09. The monoisotopic (exact) mass is 375 g/mol. The van der Waals surface area contributed by atoms with Crippen molar-refractivity contribution in [3.63, 3.8) is 0 Å². The highest BCUT2D eigenvalue weighted by molar-refractivity contribution is 6.44.